The molecular weight excluding hydrogens is 223 g/mol. The zero-order chi connectivity index (χ0) is 11.4. The number of nitrogens with zero attached hydrogens (tertiary/aromatic N) is 1. The van der Waals surface area contributed by atoms with Crippen LogP contribution in [0.5, 0.6) is 0 Å². The van der Waals surface area contributed by atoms with Gasteiger partial charge in [0.2, 0.25) is 0 Å². The predicted octanol–water partition coefficient (Wildman–Crippen LogP) is 0.488. The molecule has 0 aliphatic heterocycles. The lowest BCUT2D eigenvalue weighted by Crippen LogP contribution is -2.30. The van der Waals surface area contributed by atoms with E-state index in [9.17, 15) is 14.6 Å². The first kappa shape index (κ1) is 12.3. The van der Waals surface area contributed by atoms with E-state index in [1.165, 1.54) is 6.20 Å². The first-order valence-corrected chi connectivity index (χ1v) is 4.75. The summed E-state index contributed by atoms with van der Waals surface area (Å²) in [6.45, 7) is 0.144. The third kappa shape index (κ3) is 3.10. The van der Waals surface area contributed by atoms with E-state index in [2.05, 4.69) is 10.3 Å². The van der Waals surface area contributed by atoms with Gasteiger partial charge in [0, 0.05) is 12.7 Å². The van der Waals surface area contributed by atoms with Gasteiger partial charge in [-0.1, -0.05) is 11.6 Å². The fourth-order valence-electron chi connectivity index (χ4n) is 1.15. The van der Waals surface area contributed by atoms with Gasteiger partial charge in [-0.05, 0) is 13.1 Å². The molecule has 0 saturated carbocycles. The summed E-state index contributed by atoms with van der Waals surface area (Å²) < 4.78 is 13.3. The topological polar surface area (TPSA) is 65.4 Å². The normalized spacial score (nSPS) is 15.0. The number of likely N-dealkylation sites (N-methyl/N-ethyl adjacent to an activating group) is 1. The van der Waals surface area contributed by atoms with Crippen molar-refractivity contribution < 1.29 is 14.6 Å². The number of aliphatic hydroxyl groups excluding tert-OH is 2. The minimum absolute atomic E-state index is 0.144. The Labute approximate surface area is 91.7 Å². The summed E-state index contributed by atoms with van der Waals surface area (Å²) in [6.07, 6.45) is -1.26. The van der Waals surface area contributed by atoms with E-state index in [0.29, 0.717) is 0 Å². The van der Waals surface area contributed by atoms with Crippen LogP contribution in [-0.4, -0.2) is 34.9 Å². The van der Waals surface area contributed by atoms with Crippen LogP contribution in [-0.2, 0) is 0 Å². The zero-order valence-corrected chi connectivity index (χ0v) is 8.87. The molecule has 0 amide bonds. The molecule has 1 rings (SSSR count). The first-order valence-electron chi connectivity index (χ1n) is 4.38. The molecule has 0 fully saturated rings. The molecule has 0 aliphatic rings. The highest BCUT2D eigenvalue weighted by Crippen LogP contribution is 2.20. The van der Waals surface area contributed by atoms with Gasteiger partial charge in [0.25, 0.3) is 0 Å². The van der Waals surface area contributed by atoms with Crippen LogP contribution in [0.3, 0.4) is 0 Å². The first-order chi connectivity index (χ1) is 7.06. The number of aromatic nitrogens is 1. The second-order valence-corrected chi connectivity index (χ2v) is 3.53. The van der Waals surface area contributed by atoms with E-state index >= 15 is 0 Å². The van der Waals surface area contributed by atoms with Crippen molar-refractivity contribution >= 4 is 11.6 Å². The molecule has 2 unspecified atom stereocenters. The number of rotatable bonds is 4. The molecule has 1 aromatic heterocycles. The van der Waals surface area contributed by atoms with Gasteiger partial charge >= 0.3 is 0 Å². The van der Waals surface area contributed by atoms with Crippen LogP contribution in [0, 0.1) is 5.82 Å². The number of pyridine rings is 1. The molecule has 15 heavy (non-hydrogen) atoms. The maximum atomic E-state index is 13.3. The molecular formula is C9H12ClFN2O2. The van der Waals surface area contributed by atoms with Crippen molar-refractivity contribution in [2.45, 2.75) is 12.2 Å². The molecule has 0 spiro atoms. The molecule has 0 aliphatic carbocycles. The lowest BCUT2D eigenvalue weighted by molar-refractivity contribution is 0.0154. The molecule has 0 saturated heterocycles. The number of hydrogen-bond donors (Lipinski definition) is 3. The monoisotopic (exact) mass is 234 g/mol. The van der Waals surface area contributed by atoms with Gasteiger partial charge < -0.3 is 15.5 Å². The van der Waals surface area contributed by atoms with Crippen molar-refractivity contribution in [2.75, 3.05) is 13.6 Å². The van der Waals surface area contributed by atoms with Crippen LogP contribution in [0.4, 0.5) is 4.39 Å². The summed E-state index contributed by atoms with van der Waals surface area (Å²) in [6, 6.07) is 1.04. The summed E-state index contributed by atoms with van der Waals surface area (Å²) in [5.41, 5.74) is -0.206. The average Bonchev–Trinajstić information content (AvgIpc) is 2.17. The Morgan fingerprint density at radius 1 is 1.60 bits per heavy atom. The highest BCUT2D eigenvalue weighted by molar-refractivity contribution is 6.30. The third-order valence-corrected chi connectivity index (χ3v) is 2.10. The molecule has 6 heteroatoms. The Morgan fingerprint density at radius 2 is 2.27 bits per heavy atom. The van der Waals surface area contributed by atoms with Gasteiger partial charge in [-0.3, -0.25) is 4.98 Å². The van der Waals surface area contributed by atoms with Crippen molar-refractivity contribution in [3.05, 3.63) is 28.8 Å². The quantitative estimate of drug-likeness (QED) is 0.710. The van der Waals surface area contributed by atoms with Gasteiger partial charge in [0.1, 0.15) is 17.6 Å². The van der Waals surface area contributed by atoms with Gasteiger partial charge in [-0.15, -0.1) is 0 Å². The highest BCUT2D eigenvalue weighted by Gasteiger charge is 2.22. The highest BCUT2D eigenvalue weighted by atomic mass is 35.5. The summed E-state index contributed by atoms with van der Waals surface area (Å²) >= 11 is 5.50. The predicted molar refractivity (Wildman–Crippen MR) is 54.1 cm³/mol. The minimum atomic E-state index is -1.37. The number of aliphatic hydroxyl groups is 2. The average molecular weight is 235 g/mol. The number of hydrogen-bond acceptors (Lipinski definition) is 4. The minimum Gasteiger partial charge on any atom is -0.389 e. The molecule has 1 heterocycles. The zero-order valence-electron chi connectivity index (χ0n) is 8.11. The lowest BCUT2D eigenvalue weighted by atomic mass is 10.1. The molecule has 0 radical (unpaired) electrons. The van der Waals surface area contributed by atoms with Crippen molar-refractivity contribution in [1.29, 1.82) is 0 Å². The maximum Gasteiger partial charge on any atom is 0.148 e. The number of nitrogens with one attached hydrogen (secondary N) is 1. The van der Waals surface area contributed by atoms with Crippen molar-refractivity contribution in [3.63, 3.8) is 0 Å². The maximum absolute atomic E-state index is 13.3. The van der Waals surface area contributed by atoms with E-state index in [0.717, 1.165) is 6.07 Å². The molecule has 2 atom stereocenters. The Bertz CT molecular complexity index is 338. The Morgan fingerprint density at radius 3 is 2.80 bits per heavy atom. The van der Waals surface area contributed by atoms with Crippen LogP contribution in [0.25, 0.3) is 0 Å². The molecule has 1 aromatic rings. The smallest absolute Gasteiger partial charge is 0.148 e. The Hall–Kier alpha value is -0.750. The van der Waals surface area contributed by atoms with Gasteiger partial charge in [0.15, 0.2) is 0 Å². The molecule has 4 nitrogen and oxygen atoms in total. The lowest BCUT2D eigenvalue weighted by Gasteiger charge is -2.17. The van der Waals surface area contributed by atoms with Crippen LogP contribution >= 0.6 is 11.6 Å². The Kier molecular flexibility index (Phi) is 4.41. The SMILES string of the molecule is CNCC(O)C(O)c1ncc(Cl)cc1F. The summed E-state index contributed by atoms with van der Waals surface area (Å²) in [5.74, 6) is -0.731. The fourth-order valence-corrected chi connectivity index (χ4v) is 1.29. The molecule has 0 aromatic carbocycles. The molecule has 0 bridgehead atoms. The number of halogens is 2. The van der Waals surface area contributed by atoms with E-state index in [4.69, 9.17) is 11.6 Å². The fraction of sp³-hybridized carbons (Fsp3) is 0.444. The van der Waals surface area contributed by atoms with E-state index in [-0.39, 0.29) is 17.3 Å². The van der Waals surface area contributed by atoms with Gasteiger partial charge in [-0.25, -0.2) is 4.39 Å². The Balaban J connectivity index is 2.86. The van der Waals surface area contributed by atoms with Crippen molar-refractivity contribution in [2.24, 2.45) is 0 Å². The summed E-state index contributed by atoms with van der Waals surface area (Å²) in [4.78, 5) is 3.64. The summed E-state index contributed by atoms with van der Waals surface area (Å²) in [7, 11) is 1.61. The van der Waals surface area contributed by atoms with E-state index in [1.807, 2.05) is 0 Å². The van der Waals surface area contributed by atoms with Crippen molar-refractivity contribution in [3.8, 4) is 0 Å². The second kappa shape index (κ2) is 5.37. The molecule has 3 N–H and O–H groups in total. The molecule has 84 valence electrons. The van der Waals surface area contributed by atoms with Crippen LogP contribution < -0.4 is 5.32 Å². The van der Waals surface area contributed by atoms with Crippen molar-refractivity contribution in [1.82, 2.24) is 10.3 Å². The standard InChI is InChI=1S/C9H12ClFN2O2/c1-12-4-7(14)9(15)8-6(11)2-5(10)3-13-8/h2-3,7,9,12,14-15H,4H2,1H3. The van der Waals surface area contributed by atoms with Crippen LogP contribution in [0.15, 0.2) is 12.3 Å². The second-order valence-electron chi connectivity index (χ2n) is 3.09. The van der Waals surface area contributed by atoms with E-state index < -0.39 is 18.0 Å². The van der Waals surface area contributed by atoms with Gasteiger partial charge in [-0.2, -0.15) is 0 Å². The largest absolute Gasteiger partial charge is 0.389 e. The van der Waals surface area contributed by atoms with Crippen LogP contribution in [0.1, 0.15) is 11.8 Å². The summed E-state index contributed by atoms with van der Waals surface area (Å²) in [5, 5.41) is 21.8. The van der Waals surface area contributed by atoms with E-state index in [1.54, 1.807) is 7.05 Å². The third-order valence-electron chi connectivity index (χ3n) is 1.89. The van der Waals surface area contributed by atoms with Crippen LogP contribution in [0.2, 0.25) is 5.02 Å². The van der Waals surface area contributed by atoms with Gasteiger partial charge in [0.05, 0.1) is 11.1 Å².